The molecule has 3 rings (SSSR count). The molecule has 0 saturated heterocycles. The smallest absolute Gasteiger partial charge is 0.292 e. The Morgan fingerprint density at radius 3 is 2.44 bits per heavy atom. The van der Waals surface area contributed by atoms with Gasteiger partial charge in [0, 0.05) is 17.9 Å². The lowest BCUT2D eigenvalue weighted by Gasteiger charge is -2.06. The van der Waals surface area contributed by atoms with Crippen LogP contribution in [0.25, 0.3) is 5.52 Å². The van der Waals surface area contributed by atoms with Gasteiger partial charge in [-0.05, 0) is 45.0 Å². The minimum atomic E-state index is -0.367. The second-order valence-electron chi connectivity index (χ2n) is 6.19. The molecule has 2 heterocycles. The number of anilines is 1. The highest BCUT2D eigenvalue weighted by molar-refractivity contribution is 6.06. The van der Waals surface area contributed by atoms with Crippen LogP contribution in [0.2, 0.25) is 0 Å². The van der Waals surface area contributed by atoms with Crippen molar-refractivity contribution in [2.24, 2.45) is 0 Å². The number of benzene rings is 1. The van der Waals surface area contributed by atoms with Crippen LogP contribution in [-0.2, 0) is 0 Å². The molecule has 0 aliphatic carbocycles. The summed E-state index contributed by atoms with van der Waals surface area (Å²) in [6, 6.07) is 12.8. The minimum Gasteiger partial charge on any atom is -0.348 e. The Bertz CT molecular complexity index is 926. The van der Waals surface area contributed by atoms with Crippen molar-refractivity contribution in [1.82, 2.24) is 14.7 Å². The number of nitrogens with one attached hydrogen (secondary N) is 2. The zero-order valence-electron chi connectivity index (χ0n) is 14.4. The van der Waals surface area contributed by atoms with Gasteiger partial charge in [-0.2, -0.15) is 0 Å². The third-order valence-electron chi connectivity index (χ3n) is 3.70. The average molecular weight is 336 g/mol. The van der Waals surface area contributed by atoms with Gasteiger partial charge in [0.15, 0.2) is 5.69 Å². The maximum atomic E-state index is 12.6. The number of hydrogen-bond acceptors (Lipinski definition) is 3. The van der Waals surface area contributed by atoms with E-state index in [9.17, 15) is 9.59 Å². The normalized spacial score (nSPS) is 10.9. The maximum Gasteiger partial charge on any atom is 0.292 e. The fourth-order valence-corrected chi connectivity index (χ4v) is 2.52. The lowest BCUT2D eigenvalue weighted by atomic mass is 10.2. The SMILES string of the molecule is Cc1ccc(NC(=O)c2nc(C(=O)NC(C)C)c3ccccn23)cc1. The Morgan fingerprint density at radius 2 is 1.76 bits per heavy atom. The number of amides is 2. The van der Waals surface area contributed by atoms with Gasteiger partial charge in [-0.1, -0.05) is 23.8 Å². The summed E-state index contributed by atoms with van der Waals surface area (Å²) in [4.78, 5) is 29.3. The van der Waals surface area contributed by atoms with Crippen LogP contribution in [0.3, 0.4) is 0 Å². The first-order valence-corrected chi connectivity index (χ1v) is 8.11. The molecule has 0 unspecified atom stereocenters. The fourth-order valence-electron chi connectivity index (χ4n) is 2.52. The van der Waals surface area contributed by atoms with E-state index < -0.39 is 0 Å². The van der Waals surface area contributed by atoms with Crippen LogP contribution in [0.15, 0.2) is 48.7 Å². The van der Waals surface area contributed by atoms with E-state index in [0.717, 1.165) is 5.56 Å². The van der Waals surface area contributed by atoms with Crippen LogP contribution < -0.4 is 10.6 Å². The van der Waals surface area contributed by atoms with Gasteiger partial charge in [-0.15, -0.1) is 0 Å². The third kappa shape index (κ3) is 3.52. The summed E-state index contributed by atoms with van der Waals surface area (Å²) >= 11 is 0. The van der Waals surface area contributed by atoms with Crippen molar-refractivity contribution < 1.29 is 9.59 Å². The standard InChI is InChI=1S/C19H20N4O2/c1-12(2)20-18(24)16-15-6-4-5-11-23(15)17(22-16)19(25)21-14-9-7-13(3)8-10-14/h4-12H,1-3H3,(H,20,24)(H,21,25). The zero-order valence-corrected chi connectivity index (χ0v) is 14.4. The molecule has 0 atom stereocenters. The molecular formula is C19H20N4O2. The minimum absolute atomic E-state index is 0.0159. The van der Waals surface area contributed by atoms with E-state index in [1.165, 1.54) is 0 Å². The van der Waals surface area contributed by atoms with E-state index in [1.54, 1.807) is 22.7 Å². The molecule has 1 aromatic carbocycles. The number of nitrogens with zero attached hydrogens (tertiary/aromatic N) is 2. The van der Waals surface area contributed by atoms with Crippen LogP contribution in [0, 0.1) is 6.92 Å². The van der Waals surface area contributed by atoms with E-state index in [-0.39, 0.29) is 29.4 Å². The molecule has 2 aromatic heterocycles. The summed E-state index contributed by atoms with van der Waals surface area (Å²) in [6.07, 6.45) is 1.72. The van der Waals surface area contributed by atoms with Gasteiger partial charge in [0.05, 0.1) is 5.52 Å². The summed E-state index contributed by atoms with van der Waals surface area (Å²) < 4.78 is 1.62. The number of aryl methyl sites for hydroxylation is 1. The van der Waals surface area contributed by atoms with Crippen molar-refractivity contribution in [3.63, 3.8) is 0 Å². The van der Waals surface area contributed by atoms with Crippen molar-refractivity contribution in [3.05, 3.63) is 65.7 Å². The lowest BCUT2D eigenvalue weighted by Crippen LogP contribution is -2.30. The van der Waals surface area contributed by atoms with Crippen molar-refractivity contribution in [1.29, 1.82) is 0 Å². The molecule has 0 aliphatic rings. The van der Waals surface area contributed by atoms with Gasteiger partial charge in [0.25, 0.3) is 11.8 Å². The first-order chi connectivity index (χ1) is 12.0. The number of rotatable bonds is 4. The van der Waals surface area contributed by atoms with Crippen LogP contribution in [0.5, 0.6) is 0 Å². The summed E-state index contributed by atoms with van der Waals surface area (Å²) in [5.41, 5.74) is 2.62. The molecule has 128 valence electrons. The first-order valence-electron chi connectivity index (χ1n) is 8.11. The van der Waals surface area contributed by atoms with Gasteiger partial charge in [-0.3, -0.25) is 14.0 Å². The summed E-state index contributed by atoms with van der Waals surface area (Å²) in [6.45, 7) is 5.73. The van der Waals surface area contributed by atoms with Crippen molar-refractivity contribution >= 4 is 23.0 Å². The second kappa shape index (κ2) is 6.76. The quantitative estimate of drug-likeness (QED) is 0.769. The summed E-state index contributed by atoms with van der Waals surface area (Å²) in [5.74, 6) is -0.494. The lowest BCUT2D eigenvalue weighted by molar-refractivity contribution is 0.0940. The fraction of sp³-hybridized carbons (Fsp3) is 0.211. The van der Waals surface area contributed by atoms with E-state index >= 15 is 0 Å². The monoisotopic (exact) mass is 336 g/mol. The highest BCUT2D eigenvalue weighted by Gasteiger charge is 2.21. The third-order valence-corrected chi connectivity index (χ3v) is 3.70. The predicted molar refractivity (Wildman–Crippen MR) is 96.9 cm³/mol. The molecule has 0 fully saturated rings. The molecule has 6 heteroatoms. The number of aromatic nitrogens is 2. The maximum absolute atomic E-state index is 12.6. The second-order valence-corrected chi connectivity index (χ2v) is 6.19. The van der Waals surface area contributed by atoms with Gasteiger partial charge >= 0.3 is 0 Å². The van der Waals surface area contributed by atoms with Crippen LogP contribution in [-0.4, -0.2) is 27.2 Å². The zero-order chi connectivity index (χ0) is 18.0. The Hall–Kier alpha value is -3.15. The molecule has 0 spiro atoms. The van der Waals surface area contributed by atoms with Crippen LogP contribution in [0.1, 0.15) is 40.5 Å². The topological polar surface area (TPSA) is 75.5 Å². The molecule has 2 N–H and O–H groups in total. The van der Waals surface area contributed by atoms with E-state index in [4.69, 9.17) is 0 Å². The number of pyridine rings is 1. The molecule has 0 aliphatic heterocycles. The van der Waals surface area contributed by atoms with Crippen molar-refractivity contribution in [3.8, 4) is 0 Å². The molecule has 6 nitrogen and oxygen atoms in total. The van der Waals surface area contributed by atoms with Crippen molar-refractivity contribution in [2.45, 2.75) is 26.8 Å². The van der Waals surface area contributed by atoms with Gasteiger partial charge in [0.1, 0.15) is 0 Å². The van der Waals surface area contributed by atoms with E-state index in [2.05, 4.69) is 15.6 Å². The Morgan fingerprint density at radius 1 is 1.04 bits per heavy atom. The number of hydrogen-bond donors (Lipinski definition) is 2. The van der Waals surface area contributed by atoms with E-state index in [0.29, 0.717) is 11.2 Å². The Kier molecular flexibility index (Phi) is 4.52. The molecule has 0 bridgehead atoms. The Labute approximate surface area is 145 Å². The number of fused-ring (bicyclic) bond motifs is 1. The number of carbonyl (C=O) groups is 2. The van der Waals surface area contributed by atoms with Gasteiger partial charge in [-0.25, -0.2) is 4.98 Å². The molecule has 0 radical (unpaired) electrons. The number of imidazole rings is 1. The number of carbonyl (C=O) groups excluding carboxylic acids is 2. The highest BCUT2D eigenvalue weighted by Crippen LogP contribution is 2.16. The summed E-state index contributed by atoms with van der Waals surface area (Å²) in [7, 11) is 0. The largest absolute Gasteiger partial charge is 0.348 e. The van der Waals surface area contributed by atoms with Gasteiger partial charge < -0.3 is 10.6 Å². The predicted octanol–water partition coefficient (Wildman–Crippen LogP) is 3.03. The molecule has 25 heavy (non-hydrogen) atoms. The summed E-state index contributed by atoms with van der Waals surface area (Å²) in [5, 5.41) is 5.63. The van der Waals surface area contributed by atoms with Crippen LogP contribution >= 0.6 is 0 Å². The highest BCUT2D eigenvalue weighted by atomic mass is 16.2. The molecule has 3 aromatic rings. The van der Waals surface area contributed by atoms with Crippen molar-refractivity contribution in [2.75, 3.05) is 5.32 Å². The molecule has 2 amide bonds. The van der Waals surface area contributed by atoms with Gasteiger partial charge in [0.2, 0.25) is 5.82 Å². The van der Waals surface area contributed by atoms with Crippen LogP contribution in [0.4, 0.5) is 5.69 Å². The molecule has 0 saturated carbocycles. The Balaban J connectivity index is 1.97. The average Bonchev–Trinajstić information content (AvgIpc) is 2.96. The molecular weight excluding hydrogens is 316 g/mol. The van der Waals surface area contributed by atoms with E-state index in [1.807, 2.05) is 51.1 Å². The first kappa shape index (κ1) is 16.7.